The molecule has 0 aliphatic heterocycles. The van der Waals surface area contributed by atoms with Crippen molar-refractivity contribution in [3.8, 4) is 5.75 Å². The number of halogens is 1. The van der Waals surface area contributed by atoms with Gasteiger partial charge in [0.15, 0.2) is 0 Å². The lowest BCUT2D eigenvalue weighted by molar-refractivity contribution is 0.474. The van der Waals surface area contributed by atoms with E-state index in [4.69, 9.17) is 11.6 Å². The molecular weight excluding hydrogens is 310 g/mol. The second-order valence-corrected chi connectivity index (χ2v) is 5.66. The van der Waals surface area contributed by atoms with E-state index in [-0.39, 0.29) is 5.75 Å². The van der Waals surface area contributed by atoms with Crippen molar-refractivity contribution in [3.63, 3.8) is 0 Å². The van der Waals surface area contributed by atoms with Gasteiger partial charge in [-0.25, -0.2) is 0 Å². The van der Waals surface area contributed by atoms with E-state index < -0.39 is 0 Å². The van der Waals surface area contributed by atoms with Crippen LogP contribution in [-0.2, 0) is 0 Å². The van der Waals surface area contributed by atoms with E-state index in [2.05, 4.69) is 29.3 Å². The molecule has 0 fully saturated rings. The van der Waals surface area contributed by atoms with E-state index in [1.807, 2.05) is 37.3 Å². The minimum absolute atomic E-state index is 0.210. The van der Waals surface area contributed by atoms with Crippen molar-refractivity contribution in [1.82, 2.24) is 0 Å². The third kappa shape index (κ3) is 4.39. The second-order valence-electron chi connectivity index (χ2n) is 5.25. The quantitative estimate of drug-likeness (QED) is 0.598. The first kappa shape index (κ1) is 17.2. The van der Waals surface area contributed by atoms with Crippen molar-refractivity contribution in [2.75, 3.05) is 23.4 Å². The predicted octanol–water partition coefficient (Wildman–Crippen LogP) is 4.65. The van der Waals surface area contributed by atoms with Gasteiger partial charge in [0.1, 0.15) is 5.75 Å². The molecule has 0 aromatic heterocycles. The fraction of sp³-hybridized carbons (Fsp3) is 0.278. The Morgan fingerprint density at radius 1 is 1.17 bits per heavy atom. The number of nitrogens with one attached hydrogen (secondary N) is 1. The molecule has 0 aliphatic rings. The van der Waals surface area contributed by atoms with Crippen LogP contribution in [0.25, 0.3) is 0 Å². The summed E-state index contributed by atoms with van der Waals surface area (Å²) in [6, 6.07) is 11.3. The first-order valence-corrected chi connectivity index (χ1v) is 8.06. The lowest BCUT2D eigenvalue weighted by atomic mass is 10.2. The molecular formula is C18H22ClN3O. The smallest absolute Gasteiger partial charge is 0.126 e. The molecule has 5 heteroatoms. The maximum absolute atomic E-state index is 10.1. The summed E-state index contributed by atoms with van der Waals surface area (Å²) in [5, 5.41) is 15.0. The van der Waals surface area contributed by atoms with Gasteiger partial charge < -0.3 is 10.0 Å². The molecule has 2 aromatic rings. The Bertz CT molecular complexity index is 697. The molecule has 0 amide bonds. The van der Waals surface area contributed by atoms with Gasteiger partial charge in [-0.1, -0.05) is 17.7 Å². The van der Waals surface area contributed by atoms with Gasteiger partial charge in [0.2, 0.25) is 0 Å². The third-order valence-corrected chi connectivity index (χ3v) is 4.12. The SMILES string of the molecule is CCN(CC)c1ccc(C=NNc2ccc(C)c(Cl)c2)c(O)c1. The Hall–Kier alpha value is -2.20. The van der Waals surface area contributed by atoms with Crippen molar-refractivity contribution in [2.45, 2.75) is 20.8 Å². The molecule has 2 aromatic carbocycles. The first-order chi connectivity index (χ1) is 11.0. The Kier molecular flexibility index (Phi) is 5.88. The van der Waals surface area contributed by atoms with Gasteiger partial charge in [-0.05, 0) is 50.6 Å². The summed E-state index contributed by atoms with van der Waals surface area (Å²) in [5.41, 5.74) is 6.39. The van der Waals surface area contributed by atoms with E-state index in [1.54, 1.807) is 12.3 Å². The number of hydrazone groups is 1. The number of hydrogen-bond donors (Lipinski definition) is 2. The van der Waals surface area contributed by atoms with Crippen molar-refractivity contribution in [1.29, 1.82) is 0 Å². The van der Waals surface area contributed by atoms with Crippen LogP contribution in [0, 0.1) is 6.92 Å². The van der Waals surface area contributed by atoms with E-state index in [0.29, 0.717) is 10.6 Å². The lowest BCUT2D eigenvalue weighted by Crippen LogP contribution is -2.21. The topological polar surface area (TPSA) is 47.9 Å². The highest BCUT2D eigenvalue weighted by molar-refractivity contribution is 6.31. The van der Waals surface area contributed by atoms with Crippen LogP contribution in [0.4, 0.5) is 11.4 Å². The maximum atomic E-state index is 10.1. The Balaban J connectivity index is 2.09. The van der Waals surface area contributed by atoms with E-state index in [0.717, 1.165) is 30.0 Å². The molecule has 4 nitrogen and oxygen atoms in total. The van der Waals surface area contributed by atoms with Gasteiger partial charge in [-0.3, -0.25) is 5.43 Å². The number of nitrogens with zero attached hydrogens (tertiary/aromatic N) is 2. The van der Waals surface area contributed by atoms with Gasteiger partial charge in [0, 0.05) is 35.4 Å². The zero-order valence-electron chi connectivity index (χ0n) is 13.7. The largest absolute Gasteiger partial charge is 0.507 e. The van der Waals surface area contributed by atoms with Crippen LogP contribution < -0.4 is 10.3 Å². The standard InChI is InChI=1S/C18H22ClN3O/c1-4-22(5-2)16-9-7-14(18(23)11-16)12-20-21-15-8-6-13(3)17(19)10-15/h6-12,21,23H,4-5H2,1-3H3. The summed E-state index contributed by atoms with van der Waals surface area (Å²) >= 11 is 6.07. The number of anilines is 2. The number of aryl methyl sites for hydroxylation is 1. The average molecular weight is 332 g/mol. The summed E-state index contributed by atoms with van der Waals surface area (Å²) in [7, 11) is 0. The molecule has 0 heterocycles. The molecule has 0 saturated carbocycles. The number of aromatic hydroxyl groups is 1. The molecule has 0 atom stereocenters. The zero-order chi connectivity index (χ0) is 16.8. The van der Waals surface area contributed by atoms with Crippen molar-refractivity contribution >= 4 is 29.2 Å². The molecule has 0 unspecified atom stereocenters. The van der Waals surface area contributed by atoms with Crippen LogP contribution in [0.5, 0.6) is 5.75 Å². The first-order valence-electron chi connectivity index (χ1n) is 7.68. The summed E-state index contributed by atoms with van der Waals surface area (Å²) in [6.07, 6.45) is 1.59. The molecule has 2 rings (SSSR count). The number of hydrogen-bond acceptors (Lipinski definition) is 4. The third-order valence-electron chi connectivity index (χ3n) is 3.71. The monoisotopic (exact) mass is 331 g/mol. The molecule has 0 bridgehead atoms. The number of phenols is 1. The fourth-order valence-electron chi connectivity index (χ4n) is 2.27. The molecule has 0 saturated heterocycles. The van der Waals surface area contributed by atoms with Gasteiger partial charge in [0.25, 0.3) is 0 Å². The minimum atomic E-state index is 0.210. The predicted molar refractivity (Wildman–Crippen MR) is 99.1 cm³/mol. The van der Waals surface area contributed by atoms with Crippen molar-refractivity contribution in [3.05, 3.63) is 52.5 Å². The maximum Gasteiger partial charge on any atom is 0.126 e. The van der Waals surface area contributed by atoms with E-state index in [9.17, 15) is 5.11 Å². The Labute approximate surface area is 142 Å². The van der Waals surface area contributed by atoms with E-state index in [1.165, 1.54) is 0 Å². The van der Waals surface area contributed by atoms with Crippen LogP contribution in [0.1, 0.15) is 25.0 Å². The highest BCUT2D eigenvalue weighted by Gasteiger charge is 2.05. The van der Waals surface area contributed by atoms with Gasteiger partial charge >= 0.3 is 0 Å². The second kappa shape index (κ2) is 7.88. The molecule has 2 N–H and O–H groups in total. The van der Waals surface area contributed by atoms with E-state index >= 15 is 0 Å². The van der Waals surface area contributed by atoms with Crippen LogP contribution in [0.3, 0.4) is 0 Å². The Morgan fingerprint density at radius 2 is 1.91 bits per heavy atom. The van der Waals surface area contributed by atoms with Crippen LogP contribution in [-0.4, -0.2) is 24.4 Å². The number of rotatable bonds is 6. The summed E-state index contributed by atoms with van der Waals surface area (Å²) < 4.78 is 0. The van der Waals surface area contributed by atoms with Crippen LogP contribution >= 0.6 is 11.6 Å². The molecule has 0 aliphatic carbocycles. The fourth-order valence-corrected chi connectivity index (χ4v) is 2.45. The average Bonchev–Trinajstić information content (AvgIpc) is 2.54. The Morgan fingerprint density at radius 3 is 2.52 bits per heavy atom. The summed E-state index contributed by atoms with van der Waals surface area (Å²) in [6.45, 7) is 7.93. The number of benzene rings is 2. The normalized spacial score (nSPS) is 11.0. The van der Waals surface area contributed by atoms with Gasteiger partial charge in [0.05, 0.1) is 11.9 Å². The van der Waals surface area contributed by atoms with Gasteiger partial charge in [-0.15, -0.1) is 0 Å². The number of phenolic OH excluding ortho intramolecular Hbond substituents is 1. The molecule has 0 spiro atoms. The summed E-state index contributed by atoms with van der Waals surface area (Å²) in [5.74, 6) is 0.210. The molecule has 122 valence electrons. The van der Waals surface area contributed by atoms with Crippen molar-refractivity contribution < 1.29 is 5.11 Å². The minimum Gasteiger partial charge on any atom is -0.507 e. The highest BCUT2D eigenvalue weighted by atomic mass is 35.5. The summed E-state index contributed by atoms with van der Waals surface area (Å²) in [4.78, 5) is 2.17. The lowest BCUT2D eigenvalue weighted by Gasteiger charge is -2.21. The van der Waals surface area contributed by atoms with Crippen LogP contribution in [0.15, 0.2) is 41.5 Å². The van der Waals surface area contributed by atoms with Crippen molar-refractivity contribution in [2.24, 2.45) is 5.10 Å². The van der Waals surface area contributed by atoms with Gasteiger partial charge in [-0.2, -0.15) is 5.10 Å². The molecule has 23 heavy (non-hydrogen) atoms. The molecule has 0 radical (unpaired) electrons. The highest BCUT2D eigenvalue weighted by Crippen LogP contribution is 2.24. The van der Waals surface area contributed by atoms with Crippen LogP contribution in [0.2, 0.25) is 5.02 Å². The zero-order valence-corrected chi connectivity index (χ0v) is 14.4.